The number of phenolic OH excluding ortho intramolecular Hbond substituents is 1. The number of terminal acetylenes is 1. The molecule has 0 radical (unpaired) electrons. The maximum atomic E-state index is 13.3. The predicted molar refractivity (Wildman–Crippen MR) is 188 cm³/mol. The second-order valence-electron chi connectivity index (χ2n) is 11.6. The Hall–Kier alpha value is -4.45. The molecule has 3 N–H and O–H groups in total. The number of thiazole rings is 1. The fourth-order valence-corrected chi connectivity index (χ4v) is 6.11. The topological polar surface area (TPSA) is 94.6 Å². The number of aromatic hydroxyl groups is 1. The van der Waals surface area contributed by atoms with Gasteiger partial charge in [-0.1, -0.05) is 61.9 Å². The van der Waals surface area contributed by atoms with Crippen LogP contribution in [0.1, 0.15) is 93.2 Å². The Balaban J connectivity index is 0.000000558. The van der Waals surface area contributed by atoms with Gasteiger partial charge in [-0.25, -0.2) is 4.98 Å². The smallest absolute Gasteiger partial charge is 0.254 e. The van der Waals surface area contributed by atoms with Crippen molar-refractivity contribution in [3.8, 4) is 18.6 Å². The number of aromatic nitrogens is 1. The average Bonchev–Trinajstić information content (AvgIpc) is 3.73. The molecule has 1 fully saturated rings. The first-order valence-electron chi connectivity index (χ1n) is 15.7. The van der Waals surface area contributed by atoms with E-state index in [1.54, 1.807) is 47.7 Å². The quantitative estimate of drug-likeness (QED) is 0.124. The van der Waals surface area contributed by atoms with Crippen molar-refractivity contribution >= 4 is 23.2 Å². The Morgan fingerprint density at radius 3 is 2.39 bits per heavy atom. The molecule has 0 aliphatic carbocycles. The number of rotatable bonds is 10. The molecule has 1 aliphatic heterocycles. The van der Waals surface area contributed by atoms with Crippen LogP contribution in [0.25, 0.3) is 0 Å². The van der Waals surface area contributed by atoms with Crippen molar-refractivity contribution in [3.05, 3.63) is 117 Å². The third-order valence-corrected chi connectivity index (χ3v) is 8.62. The summed E-state index contributed by atoms with van der Waals surface area (Å²) in [4.78, 5) is 32.5. The number of nitrogens with one attached hydrogen (secondary N) is 2. The van der Waals surface area contributed by atoms with Gasteiger partial charge in [0.15, 0.2) is 0 Å². The highest BCUT2D eigenvalue weighted by Crippen LogP contribution is 2.34. The summed E-state index contributed by atoms with van der Waals surface area (Å²) in [6.07, 6.45) is 10.6. The molecule has 1 saturated heterocycles. The summed E-state index contributed by atoms with van der Waals surface area (Å²) in [6.45, 7) is 10.9. The van der Waals surface area contributed by atoms with Crippen LogP contribution in [-0.4, -0.2) is 46.4 Å². The first-order valence-corrected chi connectivity index (χ1v) is 16.6. The first kappa shape index (κ1) is 36.0. The molecular formula is C38H46N4O3S. The minimum atomic E-state index is -0.183. The van der Waals surface area contributed by atoms with Gasteiger partial charge in [0.2, 0.25) is 0 Å². The summed E-state index contributed by atoms with van der Waals surface area (Å²) in [5.74, 6) is 0.405. The van der Waals surface area contributed by atoms with E-state index >= 15 is 0 Å². The van der Waals surface area contributed by atoms with Gasteiger partial charge in [-0.05, 0) is 87.0 Å². The molecule has 0 bridgehead atoms. The van der Waals surface area contributed by atoms with Crippen molar-refractivity contribution in [2.75, 3.05) is 19.6 Å². The van der Waals surface area contributed by atoms with Crippen molar-refractivity contribution in [3.63, 3.8) is 0 Å². The lowest BCUT2D eigenvalue weighted by Gasteiger charge is -2.23. The number of amides is 2. The van der Waals surface area contributed by atoms with Gasteiger partial charge in [0.05, 0.1) is 6.04 Å². The van der Waals surface area contributed by atoms with Crippen molar-refractivity contribution < 1.29 is 14.7 Å². The van der Waals surface area contributed by atoms with E-state index in [4.69, 9.17) is 0 Å². The van der Waals surface area contributed by atoms with Gasteiger partial charge in [-0.3, -0.25) is 9.59 Å². The molecule has 1 atom stereocenters. The van der Waals surface area contributed by atoms with Crippen LogP contribution in [0, 0.1) is 26.7 Å². The summed E-state index contributed by atoms with van der Waals surface area (Å²) in [5, 5.41) is 19.3. The summed E-state index contributed by atoms with van der Waals surface area (Å²) < 4.78 is 0. The van der Waals surface area contributed by atoms with Gasteiger partial charge >= 0.3 is 0 Å². The molecule has 8 heteroatoms. The number of carbonyl (C=O) groups excluding carboxylic acids is 2. The molecule has 3 aromatic carbocycles. The van der Waals surface area contributed by atoms with E-state index in [2.05, 4.69) is 67.4 Å². The molecule has 0 unspecified atom stereocenters. The number of hydrogen-bond acceptors (Lipinski definition) is 6. The normalized spacial score (nSPS) is 13.7. The molecule has 2 amide bonds. The van der Waals surface area contributed by atoms with E-state index < -0.39 is 0 Å². The standard InChI is InChI=1S/C29H36N4O3S.C7H8.C2H2/c1-19(2)24-13-21(14-25(34)16-24)17-30-10-6-11-31-27(35)22-7-4-8-23(15-22)29(36)33-12-5-9-26(33)28-32-20(3)18-37-28;1-7-5-3-2-4-6-7;1-2/h4,7-8,13-16,18-19,26,30,34H,5-6,9-12,17H2,1-3H3,(H,31,35);2-6H,1H3;1-2H/t26-;;/m1../s1. The number of benzene rings is 3. The van der Waals surface area contributed by atoms with Crippen molar-refractivity contribution in [1.29, 1.82) is 0 Å². The lowest BCUT2D eigenvalue weighted by Crippen LogP contribution is -2.31. The highest BCUT2D eigenvalue weighted by Gasteiger charge is 2.32. The van der Waals surface area contributed by atoms with Gasteiger partial charge in [-0.2, -0.15) is 0 Å². The molecule has 7 nitrogen and oxygen atoms in total. The Morgan fingerprint density at radius 1 is 1.00 bits per heavy atom. The maximum Gasteiger partial charge on any atom is 0.254 e. The average molecular weight is 639 g/mol. The van der Waals surface area contributed by atoms with Gasteiger partial charge in [0.1, 0.15) is 10.8 Å². The SMILES string of the molecule is C#C.Cc1ccccc1.Cc1csc([C@H]2CCCN2C(=O)c2cccc(C(=O)NCCCNCc3cc(O)cc(C(C)C)c3)c2)n1. The zero-order chi connectivity index (χ0) is 33.5. The maximum absolute atomic E-state index is 13.3. The van der Waals surface area contributed by atoms with Gasteiger partial charge in [-0.15, -0.1) is 24.2 Å². The third-order valence-electron chi connectivity index (χ3n) is 7.56. The molecule has 5 rings (SSSR count). The minimum Gasteiger partial charge on any atom is -0.508 e. The van der Waals surface area contributed by atoms with E-state index in [9.17, 15) is 14.7 Å². The van der Waals surface area contributed by atoms with E-state index in [1.165, 1.54) is 5.56 Å². The molecule has 0 saturated carbocycles. The molecule has 46 heavy (non-hydrogen) atoms. The molecule has 1 aliphatic rings. The monoisotopic (exact) mass is 638 g/mol. The number of hydrogen-bond donors (Lipinski definition) is 3. The molecule has 0 spiro atoms. The van der Waals surface area contributed by atoms with Crippen LogP contribution >= 0.6 is 11.3 Å². The van der Waals surface area contributed by atoms with Crippen LogP contribution in [-0.2, 0) is 6.54 Å². The number of phenols is 1. The lowest BCUT2D eigenvalue weighted by atomic mass is 10.0. The largest absolute Gasteiger partial charge is 0.508 e. The third kappa shape index (κ3) is 10.9. The first-order chi connectivity index (χ1) is 22.2. The van der Waals surface area contributed by atoms with Crippen molar-refractivity contribution in [2.45, 2.75) is 65.5 Å². The number of likely N-dealkylation sites (tertiary alicyclic amines) is 1. The Kier molecular flexibility index (Phi) is 14.5. The molecule has 242 valence electrons. The van der Waals surface area contributed by atoms with Crippen molar-refractivity contribution in [2.24, 2.45) is 0 Å². The highest BCUT2D eigenvalue weighted by molar-refractivity contribution is 7.09. The summed E-state index contributed by atoms with van der Waals surface area (Å²) in [7, 11) is 0. The lowest BCUT2D eigenvalue weighted by molar-refractivity contribution is 0.0735. The zero-order valence-corrected chi connectivity index (χ0v) is 28.1. The van der Waals surface area contributed by atoms with Gasteiger partial charge < -0.3 is 20.6 Å². The van der Waals surface area contributed by atoms with E-state index in [1.807, 2.05) is 35.4 Å². The molecule has 2 heterocycles. The van der Waals surface area contributed by atoms with Crippen LogP contribution < -0.4 is 10.6 Å². The fraction of sp³-hybridized carbons (Fsp3) is 0.342. The van der Waals surface area contributed by atoms with Crippen LogP contribution in [0.2, 0.25) is 0 Å². The van der Waals surface area contributed by atoms with Crippen LogP contribution in [0.3, 0.4) is 0 Å². The van der Waals surface area contributed by atoms with E-state index in [-0.39, 0.29) is 23.6 Å². The van der Waals surface area contributed by atoms with Crippen LogP contribution in [0.15, 0.2) is 78.2 Å². The second kappa shape index (κ2) is 18.5. The minimum absolute atomic E-state index is 0.00740. The number of carbonyl (C=O) groups is 2. The second-order valence-corrected chi connectivity index (χ2v) is 12.5. The van der Waals surface area contributed by atoms with Crippen LogP contribution in [0.4, 0.5) is 0 Å². The molecule has 1 aromatic heterocycles. The zero-order valence-electron chi connectivity index (χ0n) is 27.3. The molecular weight excluding hydrogens is 593 g/mol. The van der Waals surface area contributed by atoms with Crippen LogP contribution in [0.5, 0.6) is 5.75 Å². The summed E-state index contributed by atoms with van der Waals surface area (Å²) in [6, 6.07) is 22.9. The summed E-state index contributed by atoms with van der Waals surface area (Å²) in [5.41, 5.74) is 5.47. The Labute approximate surface area is 278 Å². The molecule has 4 aromatic rings. The highest BCUT2D eigenvalue weighted by atomic mass is 32.1. The van der Waals surface area contributed by atoms with E-state index in [0.29, 0.717) is 36.7 Å². The Morgan fingerprint density at radius 2 is 1.74 bits per heavy atom. The van der Waals surface area contributed by atoms with Crippen molar-refractivity contribution in [1.82, 2.24) is 20.5 Å². The Bertz CT molecular complexity index is 1560. The van der Waals surface area contributed by atoms with Gasteiger partial charge in [0, 0.05) is 41.8 Å². The van der Waals surface area contributed by atoms with Gasteiger partial charge in [0.25, 0.3) is 11.8 Å². The summed E-state index contributed by atoms with van der Waals surface area (Å²) >= 11 is 1.60. The fourth-order valence-electron chi connectivity index (χ4n) is 5.17. The van der Waals surface area contributed by atoms with E-state index in [0.717, 1.165) is 47.6 Å². The number of aryl methyl sites for hydroxylation is 2. The number of nitrogens with zero attached hydrogens (tertiary/aromatic N) is 2. The predicted octanol–water partition coefficient (Wildman–Crippen LogP) is 7.41.